The smallest absolute Gasteiger partial charge is 0.125 e. The second-order valence-corrected chi connectivity index (χ2v) is 31.7. The molecule has 0 heterocycles. The van der Waals surface area contributed by atoms with Crippen LogP contribution in [-0.4, -0.2) is 16.1 Å². The van der Waals surface area contributed by atoms with Crippen LogP contribution in [0.4, 0.5) is 0 Å². The van der Waals surface area contributed by atoms with Crippen molar-refractivity contribution in [1.82, 2.24) is 0 Å². The van der Waals surface area contributed by atoms with E-state index < -0.39 is 16.1 Å². The van der Waals surface area contributed by atoms with Crippen LogP contribution < -0.4 is 0 Å². The summed E-state index contributed by atoms with van der Waals surface area (Å²) in [5.74, 6) is 8.11. The molecule has 2 aliphatic carbocycles. The number of fused-ring (bicyclic) bond motifs is 10. The van der Waals surface area contributed by atoms with E-state index >= 15 is 0 Å². The quantitative estimate of drug-likeness (QED) is 0.0889. The lowest BCUT2D eigenvalue weighted by Gasteiger charge is -2.38. The van der Waals surface area contributed by atoms with Crippen LogP contribution in [0.15, 0.2) is 109 Å². The highest BCUT2D eigenvalue weighted by atomic mass is 28.3. The van der Waals surface area contributed by atoms with Crippen LogP contribution in [0.25, 0.3) is 86.2 Å². The van der Waals surface area contributed by atoms with E-state index in [1.165, 1.54) is 108 Å². The van der Waals surface area contributed by atoms with Crippen molar-refractivity contribution < 1.29 is 0 Å². The van der Waals surface area contributed by atoms with Crippen LogP contribution in [0.5, 0.6) is 0 Å². The highest BCUT2D eigenvalue weighted by Gasteiger charge is 2.43. The van der Waals surface area contributed by atoms with E-state index in [2.05, 4.69) is 215 Å². The monoisotopic (exact) mass is 836 g/mol. The van der Waals surface area contributed by atoms with Gasteiger partial charge in [0.25, 0.3) is 0 Å². The molecule has 8 aromatic rings. The van der Waals surface area contributed by atoms with Crippen LogP contribution in [0, 0.1) is 33.4 Å². The lowest BCUT2D eigenvalue weighted by atomic mass is 9.89. The Kier molecular flexibility index (Phi) is 9.57. The van der Waals surface area contributed by atoms with E-state index in [0.717, 1.165) is 0 Å². The van der Waals surface area contributed by atoms with Crippen molar-refractivity contribution >= 4 is 102 Å². The van der Waals surface area contributed by atoms with Gasteiger partial charge in [-0.1, -0.05) is 180 Å². The van der Waals surface area contributed by atoms with Crippen LogP contribution in [0.1, 0.15) is 94.2 Å². The van der Waals surface area contributed by atoms with E-state index in [1.807, 2.05) is 0 Å². The zero-order chi connectivity index (χ0) is 43.6. The topological polar surface area (TPSA) is 0 Å². The lowest BCUT2D eigenvalue weighted by molar-refractivity contribution is 0.838. The van der Waals surface area contributed by atoms with Crippen LogP contribution in [-0.2, 0) is 0 Å². The Labute approximate surface area is 370 Å². The normalized spacial score (nSPS) is 13.1. The van der Waals surface area contributed by atoms with Gasteiger partial charge in [-0.2, -0.15) is 0 Å². The molecule has 0 saturated carbocycles. The van der Waals surface area contributed by atoms with Crippen molar-refractivity contribution in [1.29, 1.82) is 0 Å². The van der Waals surface area contributed by atoms with Crippen molar-refractivity contribution in [3.8, 4) is 22.9 Å². The molecule has 2 aliphatic rings. The number of hydrogen-bond donors (Lipinski definition) is 0. The molecule has 0 radical (unpaired) electrons. The largest absolute Gasteiger partial charge is 0.146 e. The standard InChI is InChI=1S/C60H60Si2/c1-35(2)61(36(3)4,37(5)6)29-27-45-47-23-17-25-49-55(47)59(53-33-43-21-15-13-19-41(43)31-51(45)53)58-50-26-18-24-48-46(28-30-62(38(7)8,39(9)10)40(11)12)52-32-42-20-14-16-22-44(42)34-54(52)60(56(48)50)57(49)58/h13-26,31-40H,1-12H3. The fourth-order valence-corrected chi connectivity index (χ4v) is 23.5. The zero-order valence-electron chi connectivity index (χ0n) is 38.9. The number of benzene rings is 8. The minimum Gasteiger partial charge on any atom is -0.125 e. The van der Waals surface area contributed by atoms with Gasteiger partial charge in [0, 0.05) is 11.1 Å². The van der Waals surface area contributed by atoms with Gasteiger partial charge in [-0.15, -0.1) is 11.1 Å². The molecular formula is C60H60Si2. The van der Waals surface area contributed by atoms with Crippen LogP contribution >= 0.6 is 0 Å². The average molecular weight is 837 g/mol. The fourth-order valence-electron chi connectivity index (χ4n) is 13.1. The Morgan fingerprint density at radius 1 is 0.306 bits per heavy atom. The second-order valence-electron chi connectivity index (χ2n) is 20.5. The number of hydrogen-bond acceptors (Lipinski definition) is 0. The minimum atomic E-state index is -2.03. The molecule has 0 amide bonds. The Bertz CT molecular complexity index is 3330. The van der Waals surface area contributed by atoms with Crippen LogP contribution in [0.3, 0.4) is 0 Å². The first kappa shape index (κ1) is 40.7. The molecule has 308 valence electrons. The van der Waals surface area contributed by atoms with E-state index in [0.29, 0.717) is 33.2 Å². The van der Waals surface area contributed by atoms with Gasteiger partial charge in [0.15, 0.2) is 0 Å². The molecule has 0 nitrogen and oxygen atoms in total. The molecule has 0 unspecified atom stereocenters. The summed E-state index contributed by atoms with van der Waals surface area (Å²) in [4.78, 5) is 0. The molecule has 0 fully saturated rings. The molecule has 0 aliphatic heterocycles. The van der Waals surface area contributed by atoms with Gasteiger partial charge in [0.1, 0.15) is 16.1 Å². The summed E-state index contributed by atoms with van der Waals surface area (Å²) in [6.07, 6.45) is 0. The van der Waals surface area contributed by atoms with Gasteiger partial charge in [-0.25, -0.2) is 0 Å². The molecule has 10 rings (SSSR count). The lowest BCUT2D eigenvalue weighted by Crippen LogP contribution is -2.43. The summed E-state index contributed by atoms with van der Waals surface area (Å²) in [6.45, 7) is 29.1. The van der Waals surface area contributed by atoms with E-state index in [9.17, 15) is 0 Å². The van der Waals surface area contributed by atoms with Gasteiger partial charge < -0.3 is 0 Å². The molecule has 2 heteroatoms. The third-order valence-corrected chi connectivity index (χ3v) is 28.4. The fraction of sp³-hybridized carbons (Fsp3) is 0.300. The summed E-state index contributed by atoms with van der Waals surface area (Å²) < 4.78 is 0. The summed E-state index contributed by atoms with van der Waals surface area (Å²) in [5.41, 5.74) is 14.1. The Balaban J connectivity index is 1.44. The molecule has 0 bridgehead atoms. The van der Waals surface area contributed by atoms with E-state index in [4.69, 9.17) is 0 Å². The maximum atomic E-state index is 4.18. The zero-order valence-corrected chi connectivity index (χ0v) is 40.9. The molecule has 0 saturated heterocycles. The first-order chi connectivity index (χ1) is 29.7. The van der Waals surface area contributed by atoms with Crippen molar-refractivity contribution in [3.05, 3.63) is 131 Å². The van der Waals surface area contributed by atoms with E-state index in [1.54, 1.807) is 0 Å². The van der Waals surface area contributed by atoms with Crippen molar-refractivity contribution in [3.63, 3.8) is 0 Å². The first-order valence-electron chi connectivity index (χ1n) is 23.4. The first-order valence-corrected chi connectivity index (χ1v) is 27.8. The Hall–Kier alpha value is -5.39. The highest BCUT2D eigenvalue weighted by Crippen LogP contribution is 2.50. The maximum absolute atomic E-state index is 4.18. The van der Waals surface area contributed by atoms with E-state index in [-0.39, 0.29) is 0 Å². The minimum absolute atomic E-state index is 0.556. The summed E-state index contributed by atoms with van der Waals surface area (Å²) in [6, 6.07) is 41.8. The SMILES string of the molecule is CC(C)[Si](C#Cc1c2cc3ccccc3cc2c2c3c4cccc5c(C#C[Si](C(C)C)(C(C)C)C(C)C)c6cc7ccccc7cc6c(c=3c3cccc1c32)c54)(C(C)C)C(C)C. The third-order valence-electron chi connectivity index (χ3n) is 15.8. The molecule has 0 N–H and O–H groups in total. The van der Waals surface area contributed by atoms with Gasteiger partial charge in [0.2, 0.25) is 0 Å². The molecule has 0 atom stereocenters. The van der Waals surface area contributed by atoms with Gasteiger partial charge >= 0.3 is 0 Å². The van der Waals surface area contributed by atoms with Crippen molar-refractivity contribution in [2.75, 3.05) is 0 Å². The van der Waals surface area contributed by atoms with Gasteiger partial charge in [-0.05, 0) is 154 Å². The molecule has 0 spiro atoms. The highest BCUT2D eigenvalue weighted by molar-refractivity contribution is 6.91. The molecule has 62 heavy (non-hydrogen) atoms. The Morgan fingerprint density at radius 3 is 0.903 bits per heavy atom. The van der Waals surface area contributed by atoms with Gasteiger partial charge in [0.05, 0.1) is 0 Å². The summed E-state index contributed by atoms with van der Waals surface area (Å²) in [5, 5.41) is 23.7. The number of rotatable bonds is 6. The summed E-state index contributed by atoms with van der Waals surface area (Å²) >= 11 is 0. The third kappa shape index (κ3) is 5.52. The predicted octanol–water partition coefficient (Wildman–Crippen LogP) is 17.7. The molecule has 0 aromatic heterocycles. The maximum Gasteiger partial charge on any atom is 0.146 e. The average Bonchev–Trinajstić information content (AvgIpc) is 3.76. The Morgan fingerprint density at radius 2 is 0.597 bits per heavy atom. The van der Waals surface area contributed by atoms with Crippen molar-refractivity contribution in [2.45, 2.75) is 116 Å². The summed E-state index contributed by atoms with van der Waals surface area (Å²) in [7, 11) is -4.06. The molecular weight excluding hydrogens is 777 g/mol. The second kappa shape index (κ2) is 14.6. The predicted molar refractivity (Wildman–Crippen MR) is 280 cm³/mol. The van der Waals surface area contributed by atoms with Crippen molar-refractivity contribution in [2.24, 2.45) is 0 Å². The van der Waals surface area contributed by atoms with Gasteiger partial charge in [-0.3, -0.25) is 0 Å². The molecule has 8 aromatic carbocycles. The van der Waals surface area contributed by atoms with Crippen LogP contribution in [0.2, 0.25) is 33.2 Å².